The van der Waals surface area contributed by atoms with Crippen LogP contribution in [0.25, 0.3) is 0 Å². The van der Waals surface area contributed by atoms with Gasteiger partial charge in [-0.1, -0.05) is 23.2 Å². The Bertz CT molecular complexity index is 557. The lowest BCUT2D eigenvalue weighted by molar-refractivity contribution is -0.862. The van der Waals surface area contributed by atoms with Crippen LogP contribution in [0.15, 0.2) is 18.2 Å². The summed E-state index contributed by atoms with van der Waals surface area (Å²) in [6.45, 7) is 2.81. The second kappa shape index (κ2) is 8.49. The average Bonchev–Trinajstić information content (AvgIpc) is 2.46. The van der Waals surface area contributed by atoms with E-state index in [0.717, 1.165) is 4.90 Å². The fourth-order valence-corrected chi connectivity index (χ4v) is 2.88. The molecule has 1 aliphatic heterocycles. The largest absolute Gasteiger partial charge is 0.378 e. The molecule has 0 bridgehead atoms. The summed E-state index contributed by atoms with van der Waals surface area (Å²) in [5.74, 6) is -0.167. The van der Waals surface area contributed by atoms with Crippen molar-refractivity contribution in [3.63, 3.8) is 0 Å². The molecule has 0 saturated carbocycles. The molecule has 8 heteroatoms. The summed E-state index contributed by atoms with van der Waals surface area (Å²) >= 11 is 11.8. The molecule has 0 aromatic heterocycles. The molecule has 1 heterocycles. The third kappa shape index (κ3) is 5.99. The number of morpholine rings is 1. The number of carbonyl (C=O) groups excluding carboxylic acids is 2. The molecule has 6 nitrogen and oxygen atoms in total. The molecule has 23 heavy (non-hydrogen) atoms. The highest BCUT2D eigenvalue weighted by Crippen LogP contribution is 2.22. The van der Waals surface area contributed by atoms with Gasteiger partial charge in [0.2, 0.25) is 0 Å². The highest BCUT2D eigenvalue weighted by molar-refractivity contribution is 6.35. The molecular formula is C15H20Cl2N3O3+. The minimum atomic E-state index is -0.199. The van der Waals surface area contributed by atoms with Crippen molar-refractivity contribution in [3.8, 4) is 0 Å². The SMILES string of the molecule is C[NH+](CC(=O)Nc1cc(Cl)cc(Cl)c1)CC(=O)N1CCOCC1. The van der Waals surface area contributed by atoms with Crippen LogP contribution in [-0.4, -0.2) is 63.2 Å². The van der Waals surface area contributed by atoms with Crippen LogP contribution < -0.4 is 10.2 Å². The lowest BCUT2D eigenvalue weighted by atomic mass is 10.3. The zero-order chi connectivity index (χ0) is 16.8. The van der Waals surface area contributed by atoms with Crippen LogP contribution in [0.5, 0.6) is 0 Å². The summed E-state index contributed by atoms with van der Waals surface area (Å²) in [6, 6.07) is 4.84. The predicted octanol–water partition coefficient (Wildman–Crippen LogP) is 0.305. The Morgan fingerprint density at radius 3 is 2.39 bits per heavy atom. The van der Waals surface area contributed by atoms with Crippen LogP contribution in [0, 0.1) is 0 Å². The average molecular weight is 361 g/mol. The van der Waals surface area contributed by atoms with Crippen molar-refractivity contribution in [3.05, 3.63) is 28.2 Å². The summed E-state index contributed by atoms with van der Waals surface area (Å²) in [4.78, 5) is 26.7. The van der Waals surface area contributed by atoms with Crippen LogP contribution in [0.2, 0.25) is 10.0 Å². The van der Waals surface area contributed by atoms with Gasteiger partial charge in [0.05, 0.1) is 20.3 Å². The quantitative estimate of drug-likeness (QED) is 0.794. The lowest BCUT2D eigenvalue weighted by Crippen LogP contribution is -3.11. The van der Waals surface area contributed by atoms with Gasteiger partial charge in [-0.3, -0.25) is 9.59 Å². The predicted molar refractivity (Wildman–Crippen MR) is 89.1 cm³/mol. The Balaban J connectivity index is 1.80. The number of quaternary nitrogens is 1. The first-order valence-corrected chi connectivity index (χ1v) is 8.12. The van der Waals surface area contributed by atoms with Gasteiger partial charge in [-0.2, -0.15) is 0 Å². The van der Waals surface area contributed by atoms with E-state index in [2.05, 4.69) is 5.32 Å². The molecule has 1 atom stereocenters. The lowest BCUT2D eigenvalue weighted by Gasteiger charge is -2.27. The number of carbonyl (C=O) groups is 2. The number of nitrogens with one attached hydrogen (secondary N) is 2. The van der Waals surface area contributed by atoms with E-state index in [-0.39, 0.29) is 24.9 Å². The maximum absolute atomic E-state index is 12.1. The fraction of sp³-hybridized carbons (Fsp3) is 0.467. The van der Waals surface area contributed by atoms with Crippen molar-refractivity contribution < 1.29 is 19.2 Å². The maximum Gasteiger partial charge on any atom is 0.279 e. The van der Waals surface area contributed by atoms with Crippen molar-refractivity contribution in [1.29, 1.82) is 0 Å². The third-order valence-corrected chi connectivity index (χ3v) is 3.86. The Morgan fingerprint density at radius 1 is 1.17 bits per heavy atom. The number of halogens is 2. The monoisotopic (exact) mass is 360 g/mol. The van der Waals surface area contributed by atoms with Crippen LogP contribution in [0.1, 0.15) is 0 Å². The molecule has 126 valence electrons. The van der Waals surface area contributed by atoms with Crippen molar-refractivity contribution >= 4 is 40.7 Å². The third-order valence-electron chi connectivity index (χ3n) is 3.43. The van der Waals surface area contributed by atoms with Gasteiger partial charge >= 0.3 is 0 Å². The molecule has 2 rings (SSSR count). The number of hydrogen-bond acceptors (Lipinski definition) is 3. The van der Waals surface area contributed by atoms with Crippen molar-refractivity contribution in [2.75, 3.05) is 51.8 Å². The first-order chi connectivity index (χ1) is 10.9. The zero-order valence-electron chi connectivity index (χ0n) is 12.9. The normalized spacial score (nSPS) is 16.0. The zero-order valence-corrected chi connectivity index (χ0v) is 14.4. The minimum absolute atomic E-state index is 0.0319. The molecule has 1 aromatic carbocycles. The van der Waals surface area contributed by atoms with Crippen molar-refractivity contribution in [2.24, 2.45) is 0 Å². The fourth-order valence-electron chi connectivity index (χ4n) is 2.35. The topological polar surface area (TPSA) is 63.1 Å². The highest BCUT2D eigenvalue weighted by Gasteiger charge is 2.21. The van der Waals surface area contributed by atoms with Gasteiger partial charge in [-0.05, 0) is 18.2 Å². The number of likely N-dealkylation sites (N-methyl/N-ethyl adjacent to an activating group) is 1. The first kappa shape index (κ1) is 18.0. The van der Waals surface area contributed by atoms with E-state index in [4.69, 9.17) is 27.9 Å². The molecule has 1 aromatic rings. The van der Waals surface area contributed by atoms with Gasteiger partial charge in [0.15, 0.2) is 13.1 Å². The number of nitrogens with zero attached hydrogens (tertiary/aromatic N) is 1. The summed E-state index contributed by atoms with van der Waals surface area (Å²) in [6.07, 6.45) is 0. The molecule has 0 aliphatic carbocycles. The van der Waals surface area contributed by atoms with Gasteiger partial charge in [0.1, 0.15) is 0 Å². The molecule has 0 radical (unpaired) electrons. The van der Waals surface area contributed by atoms with E-state index in [1.165, 1.54) is 0 Å². The van der Waals surface area contributed by atoms with E-state index in [1.807, 2.05) is 7.05 Å². The Kier molecular flexibility index (Phi) is 6.65. The number of anilines is 1. The second-order valence-electron chi connectivity index (χ2n) is 5.51. The molecule has 0 spiro atoms. The number of hydrogen-bond donors (Lipinski definition) is 2. The second-order valence-corrected chi connectivity index (χ2v) is 6.38. The highest BCUT2D eigenvalue weighted by atomic mass is 35.5. The molecule has 2 amide bonds. The molecule has 2 N–H and O–H groups in total. The van der Waals surface area contributed by atoms with Gasteiger partial charge in [-0.15, -0.1) is 0 Å². The molecule has 1 fully saturated rings. The minimum Gasteiger partial charge on any atom is -0.378 e. The van der Waals surface area contributed by atoms with Gasteiger partial charge in [0, 0.05) is 28.8 Å². The number of benzene rings is 1. The summed E-state index contributed by atoms with van der Waals surface area (Å²) < 4.78 is 5.22. The van der Waals surface area contributed by atoms with Crippen LogP contribution in [-0.2, 0) is 14.3 Å². The number of amides is 2. The number of ether oxygens (including phenoxy) is 1. The van der Waals surface area contributed by atoms with E-state index in [1.54, 1.807) is 23.1 Å². The summed E-state index contributed by atoms with van der Waals surface area (Å²) in [5.41, 5.74) is 0.541. The van der Waals surface area contributed by atoms with Gasteiger partial charge in [-0.25, -0.2) is 0 Å². The first-order valence-electron chi connectivity index (χ1n) is 7.37. The number of rotatable bonds is 5. The van der Waals surface area contributed by atoms with Crippen molar-refractivity contribution in [1.82, 2.24) is 4.90 Å². The molecule has 1 unspecified atom stereocenters. The maximum atomic E-state index is 12.1. The standard InChI is InChI=1S/C15H19Cl2N3O3/c1-19(10-15(22)20-2-4-23-5-3-20)9-14(21)18-13-7-11(16)6-12(17)8-13/h6-8H,2-5,9-10H2,1H3,(H,18,21)/p+1. The van der Waals surface area contributed by atoms with Crippen molar-refractivity contribution in [2.45, 2.75) is 0 Å². The molecule has 1 aliphatic rings. The summed E-state index contributed by atoms with van der Waals surface area (Å²) in [7, 11) is 1.81. The Hall–Kier alpha value is -1.34. The van der Waals surface area contributed by atoms with Crippen LogP contribution >= 0.6 is 23.2 Å². The smallest absolute Gasteiger partial charge is 0.279 e. The van der Waals surface area contributed by atoms with E-state index >= 15 is 0 Å². The summed E-state index contributed by atoms with van der Waals surface area (Å²) in [5, 5.41) is 3.64. The van der Waals surface area contributed by atoms with E-state index in [9.17, 15) is 9.59 Å². The van der Waals surface area contributed by atoms with Crippen LogP contribution in [0.4, 0.5) is 5.69 Å². The Morgan fingerprint density at radius 2 is 1.78 bits per heavy atom. The Labute approximate surface area is 145 Å². The van der Waals surface area contributed by atoms with E-state index < -0.39 is 0 Å². The van der Waals surface area contributed by atoms with Gasteiger partial charge in [0.25, 0.3) is 11.8 Å². The van der Waals surface area contributed by atoms with Gasteiger partial charge < -0.3 is 19.9 Å². The van der Waals surface area contributed by atoms with Crippen LogP contribution in [0.3, 0.4) is 0 Å². The molecule has 1 saturated heterocycles. The molecular weight excluding hydrogens is 341 g/mol. The van der Waals surface area contributed by atoms with E-state index in [0.29, 0.717) is 42.0 Å².